The Morgan fingerprint density at radius 2 is 1.52 bits per heavy atom. The summed E-state index contributed by atoms with van der Waals surface area (Å²) >= 11 is 0. The van der Waals surface area contributed by atoms with E-state index in [1.807, 2.05) is 0 Å². The van der Waals surface area contributed by atoms with Crippen LogP contribution in [0, 0.1) is 29.1 Å². The lowest BCUT2D eigenvalue weighted by Gasteiger charge is -2.16. The van der Waals surface area contributed by atoms with Gasteiger partial charge in [-0.05, 0) is 11.6 Å². The van der Waals surface area contributed by atoms with Crippen molar-refractivity contribution in [1.29, 1.82) is 0 Å². The van der Waals surface area contributed by atoms with Gasteiger partial charge in [0.2, 0.25) is 40.7 Å². The van der Waals surface area contributed by atoms with Crippen molar-refractivity contribution in [3.05, 3.63) is 58.9 Å². The predicted molar refractivity (Wildman–Crippen MR) is 74.4 cm³/mol. The van der Waals surface area contributed by atoms with E-state index in [9.17, 15) is 31.5 Å². The molecule has 2 aromatic carbocycles. The average molecular weight is 357 g/mol. The summed E-state index contributed by atoms with van der Waals surface area (Å²) in [5.74, 6) is -14.9. The molecule has 1 aliphatic rings. The van der Waals surface area contributed by atoms with E-state index in [1.54, 1.807) is 24.3 Å². The largest absolute Gasteiger partial charge is 0.419 e. The summed E-state index contributed by atoms with van der Waals surface area (Å²) in [5.41, 5.74) is 1.04. The van der Waals surface area contributed by atoms with Crippen LogP contribution in [0.4, 0.5) is 27.6 Å². The highest BCUT2D eigenvalue weighted by Gasteiger charge is 2.32. The molecule has 3 rings (SSSR count). The summed E-state index contributed by atoms with van der Waals surface area (Å²) in [7, 11) is 0. The lowest BCUT2D eigenvalue weighted by Crippen LogP contribution is -2.35. The number of fused-ring (bicyclic) bond motifs is 1. The number of anilines is 1. The number of benzene rings is 2. The van der Waals surface area contributed by atoms with E-state index in [2.05, 4.69) is 4.74 Å². The zero-order valence-corrected chi connectivity index (χ0v) is 12.3. The number of para-hydroxylation sites is 1. The van der Waals surface area contributed by atoms with Gasteiger partial charge in [0.1, 0.15) is 6.54 Å². The van der Waals surface area contributed by atoms with Crippen LogP contribution in [0.15, 0.2) is 24.3 Å². The first kappa shape index (κ1) is 16.9. The molecule has 1 aliphatic heterocycles. The van der Waals surface area contributed by atoms with Crippen LogP contribution in [0.5, 0.6) is 5.75 Å². The van der Waals surface area contributed by atoms with Crippen molar-refractivity contribution in [1.82, 2.24) is 0 Å². The third kappa shape index (κ3) is 2.81. The summed E-state index contributed by atoms with van der Waals surface area (Å²) in [6.45, 7) is -0.741. The number of ether oxygens (including phenoxy) is 1. The molecule has 0 spiro atoms. The fourth-order valence-electron chi connectivity index (χ4n) is 2.44. The molecule has 25 heavy (non-hydrogen) atoms. The van der Waals surface area contributed by atoms with E-state index in [0.717, 1.165) is 4.90 Å². The Hall–Kier alpha value is -2.97. The monoisotopic (exact) mass is 357 g/mol. The SMILES string of the molecule is O=C(CN1C(=O)Cc2ccccc21)Oc1c(F)c(F)c(F)c(F)c1F. The van der Waals surface area contributed by atoms with Gasteiger partial charge in [0.15, 0.2) is 0 Å². The van der Waals surface area contributed by atoms with Gasteiger partial charge in [-0.15, -0.1) is 0 Å². The first-order chi connectivity index (χ1) is 11.8. The molecule has 9 heteroatoms. The van der Waals surface area contributed by atoms with Crippen molar-refractivity contribution in [2.45, 2.75) is 6.42 Å². The lowest BCUT2D eigenvalue weighted by molar-refractivity contribution is -0.134. The molecule has 1 amide bonds. The maximum absolute atomic E-state index is 13.5. The van der Waals surface area contributed by atoms with E-state index in [4.69, 9.17) is 0 Å². The maximum Gasteiger partial charge on any atom is 0.331 e. The van der Waals surface area contributed by atoms with Crippen molar-refractivity contribution in [2.75, 3.05) is 11.4 Å². The normalized spacial score (nSPS) is 13.2. The third-order valence-corrected chi connectivity index (χ3v) is 3.60. The number of carbonyl (C=O) groups excluding carboxylic acids is 2. The van der Waals surface area contributed by atoms with E-state index in [-0.39, 0.29) is 6.42 Å². The summed E-state index contributed by atoms with van der Waals surface area (Å²) in [6, 6.07) is 6.50. The molecule has 0 atom stereocenters. The van der Waals surface area contributed by atoms with Crippen LogP contribution < -0.4 is 9.64 Å². The van der Waals surface area contributed by atoms with Gasteiger partial charge in [0.05, 0.1) is 6.42 Å². The average Bonchev–Trinajstić information content (AvgIpc) is 2.91. The molecular weight excluding hydrogens is 349 g/mol. The second-order valence-electron chi connectivity index (χ2n) is 5.16. The molecule has 130 valence electrons. The Morgan fingerprint density at radius 1 is 0.960 bits per heavy atom. The fourth-order valence-corrected chi connectivity index (χ4v) is 2.44. The summed E-state index contributed by atoms with van der Waals surface area (Å²) in [6.07, 6.45) is 0.0198. The van der Waals surface area contributed by atoms with Crippen LogP contribution >= 0.6 is 0 Å². The van der Waals surface area contributed by atoms with E-state index in [1.165, 1.54) is 0 Å². The van der Waals surface area contributed by atoms with Gasteiger partial charge in [-0.25, -0.2) is 18.0 Å². The highest BCUT2D eigenvalue weighted by molar-refractivity contribution is 6.04. The predicted octanol–water partition coefficient (Wildman–Crippen LogP) is 2.88. The minimum atomic E-state index is -2.36. The first-order valence-electron chi connectivity index (χ1n) is 6.91. The molecule has 0 fully saturated rings. The number of halogens is 5. The van der Waals surface area contributed by atoms with Gasteiger partial charge in [0.25, 0.3) is 0 Å². The number of carbonyl (C=O) groups is 2. The Morgan fingerprint density at radius 3 is 2.16 bits per heavy atom. The zero-order valence-electron chi connectivity index (χ0n) is 12.3. The number of amides is 1. The maximum atomic E-state index is 13.5. The minimum Gasteiger partial charge on any atom is -0.419 e. The van der Waals surface area contributed by atoms with Crippen molar-refractivity contribution in [3.8, 4) is 5.75 Å². The van der Waals surface area contributed by atoms with Gasteiger partial charge in [-0.1, -0.05) is 18.2 Å². The Balaban J connectivity index is 1.84. The topological polar surface area (TPSA) is 46.6 Å². The van der Waals surface area contributed by atoms with Crippen molar-refractivity contribution in [3.63, 3.8) is 0 Å². The standard InChI is InChI=1S/C16H8F5NO3/c17-11-12(18)14(20)16(15(21)13(11)19)25-10(24)6-22-8-4-2-1-3-7(8)5-9(22)23/h1-4H,5-6H2. The van der Waals surface area contributed by atoms with Gasteiger partial charge in [0, 0.05) is 5.69 Å². The highest BCUT2D eigenvalue weighted by Crippen LogP contribution is 2.31. The molecule has 0 saturated heterocycles. The number of hydrogen-bond donors (Lipinski definition) is 0. The quantitative estimate of drug-likeness (QED) is 0.279. The zero-order chi connectivity index (χ0) is 18.3. The van der Waals surface area contributed by atoms with Gasteiger partial charge in [-0.3, -0.25) is 4.79 Å². The summed E-state index contributed by atoms with van der Waals surface area (Å²) < 4.78 is 70.5. The summed E-state index contributed by atoms with van der Waals surface area (Å²) in [4.78, 5) is 24.8. The molecule has 0 bridgehead atoms. The minimum absolute atomic E-state index is 0.0198. The number of nitrogens with zero attached hydrogens (tertiary/aromatic N) is 1. The molecule has 0 N–H and O–H groups in total. The van der Waals surface area contributed by atoms with Crippen molar-refractivity contribution < 1.29 is 36.3 Å². The van der Waals surface area contributed by atoms with Gasteiger partial charge in [-0.2, -0.15) is 8.78 Å². The second-order valence-corrected chi connectivity index (χ2v) is 5.16. The van der Waals surface area contributed by atoms with Crippen LogP contribution in [0.25, 0.3) is 0 Å². The van der Waals surface area contributed by atoms with E-state index >= 15 is 0 Å². The van der Waals surface area contributed by atoms with Crippen LogP contribution in [-0.2, 0) is 16.0 Å². The molecule has 0 aromatic heterocycles. The van der Waals surface area contributed by atoms with Crippen LogP contribution in [0.3, 0.4) is 0 Å². The summed E-state index contributed by atoms with van der Waals surface area (Å²) in [5, 5.41) is 0. The highest BCUT2D eigenvalue weighted by atomic mass is 19.2. The molecular formula is C16H8F5NO3. The molecule has 2 aromatic rings. The molecule has 0 saturated carbocycles. The number of esters is 1. The molecule has 0 unspecified atom stereocenters. The van der Waals surface area contributed by atoms with Crippen LogP contribution in [0.2, 0.25) is 0 Å². The second kappa shape index (κ2) is 6.15. The van der Waals surface area contributed by atoms with Gasteiger partial charge >= 0.3 is 5.97 Å². The fraction of sp³-hybridized carbons (Fsp3) is 0.125. The molecule has 0 aliphatic carbocycles. The van der Waals surface area contributed by atoms with E-state index < -0.39 is 53.3 Å². The van der Waals surface area contributed by atoms with Crippen LogP contribution in [-0.4, -0.2) is 18.4 Å². The van der Waals surface area contributed by atoms with E-state index in [0.29, 0.717) is 11.3 Å². The van der Waals surface area contributed by atoms with Crippen LogP contribution in [0.1, 0.15) is 5.56 Å². The van der Waals surface area contributed by atoms with Crippen molar-refractivity contribution in [2.24, 2.45) is 0 Å². The first-order valence-corrected chi connectivity index (χ1v) is 6.91. The smallest absolute Gasteiger partial charge is 0.331 e. The Bertz CT molecular complexity index is 871. The number of hydrogen-bond acceptors (Lipinski definition) is 3. The Labute approximate surface area is 137 Å². The number of rotatable bonds is 3. The lowest BCUT2D eigenvalue weighted by atomic mass is 10.2. The molecule has 0 radical (unpaired) electrons. The Kier molecular flexibility index (Phi) is 4.15. The third-order valence-electron chi connectivity index (χ3n) is 3.60. The van der Waals surface area contributed by atoms with Gasteiger partial charge < -0.3 is 9.64 Å². The molecule has 1 heterocycles. The van der Waals surface area contributed by atoms with Crippen molar-refractivity contribution >= 4 is 17.6 Å². The molecule has 4 nitrogen and oxygen atoms in total.